The zero-order valence-electron chi connectivity index (χ0n) is 15.8. The Labute approximate surface area is 168 Å². The number of rotatable bonds is 5. The third kappa shape index (κ3) is 3.54. The summed E-state index contributed by atoms with van der Waals surface area (Å²) >= 11 is 1.65. The zero-order valence-corrected chi connectivity index (χ0v) is 16.6. The highest BCUT2D eigenvalue weighted by molar-refractivity contribution is 7.15. The van der Waals surface area contributed by atoms with E-state index in [0.717, 1.165) is 46.2 Å². The van der Waals surface area contributed by atoms with Crippen LogP contribution in [0.2, 0.25) is 0 Å². The Hall–Kier alpha value is -2.67. The molecular weight excluding hydrogens is 374 g/mol. The van der Waals surface area contributed by atoms with Crippen molar-refractivity contribution in [2.75, 3.05) is 20.2 Å². The number of aromatic nitrogens is 1. The molecule has 1 aliphatic carbocycles. The molecule has 1 aromatic carbocycles. The summed E-state index contributed by atoms with van der Waals surface area (Å²) in [6.07, 6.45) is 4.17. The number of methoxy groups -OCH3 is 1. The van der Waals surface area contributed by atoms with Gasteiger partial charge in [0.1, 0.15) is 10.8 Å². The summed E-state index contributed by atoms with van der Waals surface area (Å²) in [7, 11) is 1.65. The molecule has 0 saturated carbocycles. The molecule has 1 N–H and O–H groups in total. The van der Waals surface area contributed by atoms with Crippen LogP contribution in [0.15, 0.2) is 36.9 Å². The van der Waals surface area contributed by atoms with Gasteiger partial charge in [-0.3, -0.25) is 9.59 Å². The van der Waals surface area contributed by atoms with Gasteiger partial charge in [-0.25, -0.2) is 4.98 Å². The number of nitrogens with zero attached hydrogens (tertiary/aromatic N) is 2. The van der Waals surface area contributed by atoms with Gasteiger partial charge in [-0.1, -0.05) is 6.58 Å². The lowest BCUT2D eigenvalue weighted by atomic mass is 9.95. The number of carbonyl (C=O) groups excluding carboxylic acids is 2. The van der Waals surface area contributed by atoms with Gasteiger partial charge in [0, 0.05) is 18.7 Å². The SMILES string of the molecule is C=CC(=O)N1CC(C(=O)NC2CCCc3nc(-c4ccc(OC)cc4)sc32)C1. The van der Waals surface area contributed by atoms with Gasteiger partial charge in [-0.2, -0.15) is 0 Å². The van der Waals surface area contributed by atoms with Gasteiger partial charge in [0.15, 0.2) is 0 Å². The molecule has 2 aliphatic rings. The molecule has 28 heavy (non-hydrogen) atoms. The molecule has 0 spiro atoms. The summed E-state index contributed by atoms with van der Waals surface area (Å²) < 4.78 is 5.22. The molecule has 1 fully saturated rings. The monoisotopic (exact) mass is 397 g/mol. The minimum Gasteiger partial charge on any atom is -0.497 e. The Kier molecular flexibility index (Phi) is 5.17. The summed E-state index contributed by atoms with van der Waals surface area (Å²) in [6, 6.07) is 7.89. The van der Waals surface area contributed by atoms with Gasteiger partial charge in [-0.15, -0.1) is 11.3 Å². The van der Waals surface area contributed by atoms with Gasteiger partial charge in [0.2, 0.25) is 11.8 Å². The predicted molar refractivity (Wildman–Crippen MR) is 108 cm³/mol. The Morgan fingerprint density at radius 2 is 2.07 bits per heavy atom. The van der Waals surface area contributed by atoms with Crippen molar-refractivity contribution < 1.29 is 14.3 Å². The maximum absolute atomic E-state index is 12.6. The molecule has 4 rings (SSSR count). The third-order valence-corrected chi connectivity index (χ3v) is 6.60. The average Bonchev–Trinajstić information content (AvgIpc) is 3.12. The molecule has 2 aromatic rings. The molecule has 2 heterocycles. The van der Waals surface area contributed by atoms with Gasteiger partial charge in [0.05, 0.1) is 29.6 Å². The highest BCUT2D eigenvalue weighted by atomic mass is 32.1. The van der Waals surface area contributed by atoms with Gasteiger partial charge >= 0.3 is 0 Å². The van der Waals surface area contributed by atoms with E-state index in [1.54, 1.807) is 23.3 Å². The van der Waals surface area contributed by atoms with E-state index in [2.05, 4.69) is 11.9 Å². The van der Waals surface area contributed by atoms with E-state index in [-0.39, 0.29) is 23.8 Å². The van der Waals surface area contributed by atoms with Gasteiger partial charge in [0.25, 0.3) is 0 Å². The number of aryl methyl sites for hydroxylation is 1. The molecule has 1 atom stereocenters. The number of hydrogen-bond donors (Lipinski definition) is 1. The number of nitrogens with one attached hydrogen (secondary N) is 1. The number of hydrogen-bond acceptors (Lipinski definition) is 5. The van der Waals surface area contributed by atoms with Crippen LogP contribution in [0.3, 0.4) is 0 Å². The van der Waals surface area contributed by atoms with Crippen LogP contribution in [0.25, 0.3) is 10.6 Å². The highest BCUT2D eigenvalue weighted by Crippen LogP contribution is 2.38. The molecule has 1 unspecified atom stereocenters. The molecule has 1 aromatic heterocycles. The van der Waals surface area contributed by atoms with Crippen molar-refractivity contribution in [1.82, 2.24) is 15.2 Å². The predicted octanol–water partition coefficient (Wildman–Crippen LogP) is 2.96. The van der Waals surface area contributed by atoms with Crippen LogP contribution in [-0.4, -0.2) is 41.9 Å². The minimum atomic E-state index is -0.136. The summed E-state index contributed by atoms with van der Waals surface area (Å²) in [4.78, 5) is 31.8. The molecular formula is C21H23N3O3S. The van der Waals surface area contributed by atoms with Crippen molar-refractivity contribution >= 4 is 23.2 Å². The van der Waals surface area contributed by atoms with E-state index in [1.807, 2.05) is 24.3 Å². The summed E-state index contributed by atoms with van der Waals surface area (Å²) in [5, 5.41) is 4.16. The normalized spacial score (nSPS) is 18.8. The first kappa shape index (κ1) is 18.7. The standard InChI is InChI=1S/C21H23N3O3S/c1-3-18(25)24-11-14(12-24)20(26)22-16-5-4-6-17-19(16)28-21(23-17)13-7-9-15(27-2)10-8-13/h3,7-10,14,16H,1,4-6,11-12H2,2H3,(H,22,26). The number of likely N-dealkylation sites (tertiary alicyclic amines) is 1. The van der Waals surface area contributed by atoms with E-state index in [1.165, 1.54) is 6.08 Å². The van der Waals surface area contributed by atoms with Crippen LogP contribution in [0.5, 0.6) is 5.75 Å². The van der Waals surface area contributed by atoms with Crippen molar-refractivity contribution in [3.05, 3.63) is 47.5 Å². The average molecular weight is 398 g/mol. The zero-order chi connectivity index (χ0) is 19.7. The van der Waals surface area contributed by atoms with E-state index < -0.39 is 0 Å². The Morgan fingerprint density at radius 1 is 1.32 bits per heavy atom. The molecule has 0 radical (unpaired) electrons. The molecule has 6 nitrogen and oxygen atoms in total. The smallest absolute Gasteiger partial charge is 0.246 e. The fourth-order valence-electron chi connectivity index (χ4n) is 3.66. The van der Waals surface area contributed by atoms with Crippen LogP contribution in [0.4, 0.5) is 0 Å². The first-order chi connectivity index (χ1) is 13.6. The first-order valence-corrected chi connectivity index (χ1v) is 10.3. The van der Waals surface area contributed by atoms with Crippen LogP contribution < -0.4 is 10.1 Å². The number of fused-ring (bicyclic) bond motifs is 1. The second-order valence-corrected chi connectivity index (χ2v) is 8.19. The number of thiazole rings is 1. The number of benzene rings is 1. The summed E-state index contributed by atoms with van der Waals surface area (Å²) in [6.45, 7) is 4.42. The quantitative estimate of drug-likeness (QED) is 0.788. The second kappa shape index (κ2) is 7.75. The van der Waals surface area contributed by atoms with Gasteiger partial charge < -0.3 is 15.0 Å². The summed E-state index contributed by atoms with van der Waals surface area (Å²) in [5.41, 5.74) is 2.15. The fraction of sp³-hybridized carbons (Fsp3) is 0.381. The molecule has 0 bridgehead atoms. The van der Waals surface area contributed by atoms with E-state index in [0.29, 0.717) is 13.1 Å². The molecule has 1 saturated heterocycles. The van der Waals surface area contributed by atoms with Crippen molar-refractivity contribution in [2.45, 2.75) is 25.3 Å². The van der Waals surface area contributed by atoms with Crippen LogP contribution in [0, 0.1) is 5.92 Å². The van der Waals surface area contributed by atoms with Crippen molar-refractivity contribution in [1.29, 1.82) is 0 Å². The van der Waals surface area contributed by atoms with Crippen LogP contribution in [-0.2, 0) is 16.0 Å². The van der Waals surface area contributed by atoms with Crippen molar-refractivity contribution in [3.8, 4) is 16.3 Å². The van der Waals surface area contributed by atoms with E-state index in [4.69, 9.17) is 9.72 Å². The molecule has 1 aliphatic heterocycles. The Balaban J connectivity index is 1.45. The maximum Gasteiger partial charge on any atom is 0.246 e. The molecule has 7 heteroatoms. The van der Waals surface area contributed by atoms with E-state index in [9.17, 15) is 9.59 Å². The Morgan fingerprint density at radius 3 is 2.75 bits per heavy atom. The summed E-state index contributed by atoms with van der Waals surface area (Å²) in [5.74, 6) is 0.587. The number of ether oxygens (including phenoxy) is 1. The number of carbonyl (C=O) groups is 2. The van der Waals surface area contributed by atoms with Crippen molar-refractivity contribution in [3.63, 3.8) is 0 Å². The van der Waals surface area contributed by atoms with E-state index >= 15 is 0 Å². The van der Waals surface area contributed by atoms with Gasteiger partial charge in [-0.05, 0) is 49.6 Å². The largest absolute Gasteiger partial charge is 0.497 e. The van der Waals surface area contributed by atoms with Crippen LogP contribution >= 0.6 is 11.3 Å². The van der Waals surface area contributed by atoms with Crippen molar-refractivity contribution in [2.24, 2.45) is 5.92 Å². The lowest BCUT2D eigenvalue weighted by Gasteiger charge is -2.38. The lowest BCUT2D eigenvalue weighted by Crippen LogP contribution is -2.55. The lowest BCUT2D eigenvalue weighted by molar-refractivity contribution is -0.139. The first-order valence-electron chi connectivity index (χ1n) is 9.44. The topological polar surface area (TPSA) is 71.5 Å². The Bertz CT molecular complexity index is 900. The highest BCUT2D eigenvalue weighted by Gasteiger charge is 2.36. The second-order valence-electron chi connectivity index (χ2n) is 7.16. The molecule has 146 valence electrons. The third-order valence-electron chi connectivity index (χ3n) is 5.34. The minimum absolute atomic E-state index is 0.00454. The molecule has 2 amide bonds. The maximum atomic E-state index is 12.6. The fourth-order valence-corrected chi connectivity index (χ4v) is 4.86. The number of amides is 2. The van der Waals surface area contributed by atoms with Crippen LogP contribution in [0.1, 0.15) is 29.5 Å².